The van der Waals surface area contributed by atoms with Crippen LogP contribution < -0.4 is 20.2 Å². The second-order valence-electron chi connectivity index (χ2n) is 9.75. The minimum atomic E-state index is -0.820. The van der Waals surface area contributed by atoms with E-state index in [1.807, 2.05) is 31.2 Å². The van der Waals surface area contributed by atoms with Crippen molar-refractivity contribution in [3.05, 3.63) is 75.7 Å². The molecule has 4 rings (SSSR count). The van der Waals surface area contributed by atoms with Crippen LogP contribution in [0.15, 0.2) is 53.6 Å². The summed E-state index contributed by atoms with van der Waals surface area (Å²) in [4.78, 5) is 39.4. The summed E-state index contributed by atoms with van der Waals surface area (Å²) >= 11 is 1.45. The first-order valence-corrected chi connectivity index (χ1v) is 14.6. The lowest BCUT2D eigenvalue weighted by Gasteiger charge is -2.18. The fourth-order valence-electron chi connectivity index (χ4n) is 4.45. The number of hydrogen-bond donors (Lipinski definition) is 2. The molecule has 216 valence electrons. The molecule has 1 aromatic heterocycles. The molecule has 2 N–H and O–H groups in total. The van der Waals surface area contributed by atoms with Crippen molar-refractivity contribution < 1.29 is 28.6 Å². The van der Waals surface area contributed by atoms with Crippen LogP contribution in [0.2, 0.25) is 0 Å². The van der Waals surface area contributed by atoms with Crippen LogP contribution in [-0.2, 0) is 22.4 Å². The zero-order chi connectivity index (χ0) is 29.4. The van der Waals surface area contributed by atoms with Gasteiger partial charge in [0.05, 0.1) is 25.0 Å². The summed E-state index contributed by atoms with van der Waals surface area (Å²) < 4.78 is 16.4. The van der Waals surface area contributed by atoms with Crippen LogP contribution in [0.25, 0.3) is 0 Å². The first-order valence-electron chi connectivity index (χ1n) is 13.7. The summed E-state index contributed by atoms with van der Waals surface area (Å²) in [6.45, 7) is 8.34. The molecule has 0 unspecified atom stereocenters. The number of anilines is 1. The monoisotopic (exact) mass is 577 g/mol. The molecule has 10 heteroatoms. The highest BCUT2D eigenvalue weighted by Crippen LogP contribution is 2.40. The van der Waals surface area contributed by atoms with E-state index in [2.05, 4.69) is 22.8 Å². The number of benzene rings is 2. The van der Waals surface area contributed by atoms with E-state index in [9.17, 15) is 14.4 Å². The summed E-state index contributed by atoms with van der Waals surface area (Å²) in [7, 11) is 0. The topological polar surface area (TPSA) is 115 Å². The van der Waals surface area contributed by atoms with Crippen molar-refractivity contribution in [1.29, 1.82) is 0 Å². The molecule has 1 aliphatic carbocycles. The van der Waals surface area contributed by atoms with E-state index in [-0.39, 0.29) is 12.5 Å². The van der Waals surface area contributed by atoms with E-state index in [1.165, 1.54) is 17.6 Å². The van der Waals surface area contributed by atoms with Gasteiger partial charge in [0.1, 0.15) is 16.5 Å². The second-order valence-corrected chi connectivity index (χ2v) is 10.9. The minimum Gasteiger partial charge on any atom is -0.494 e. The average Bonchev–Trinajstić information content (AvgIpc) is 3.31. The highest BCUT2D eigenvalue weighted by Gasteiger charge is 2.29. The van der Waals surface area contributed by atoms with E-state index < -0.39 is 18.0 Å². The molecule has 0 fully saturated rings. The molecule has 0 aliphatic heterocycles. The van der Waals surface area contributed by atoms with Gasteiger partial charge < -0.3 is 19.5 Å². The number of ether oxygens (including phenoxy) is 3. The molecule has 0 saturated heterocycles. The predicted molar refractivity (Wildman–Crippen MR) is 159 cm³/mol. The van der Waals surface area contributed by atoms with Crippen LogP contribution in [0.5, 0.6) is 11.5 Å². The Morgan fingerprint density at radius 2 is 1.76 bits per heavy atom. The van der Waals surface area contributed by atoms with Crippen LogP contribution in [0.1, 0.15) is 70.8 Å². The van der Waals surface area contributed by atoms with Gasteiger partial charge in [0, 0.05) is 10.4 Å². The quantitative estimate of drug-likeness (QED) is 0.174. The maximum Gasteiger partial charge on any atom is 0.341 e. The fourth-order valence-corrected chi connectivity index (χ4v) is 5.85. The zero-order valence-electron chi connectivity index (χ0n) is 23.7. The van der Waals surface area contributed by atoms with Crippen molar-refractivity contribution in [1.82, 2.24) is 5.43 Å². The van der Waals surface area contributed by atoms with E-state index in [4.69, 9.17) is 14.2 Å². The largest absolute Gasteiger partial charge is 0.494 e. The van der Waals surface area contributed by atoms with Crippen LogP contribution >= 0.6 is 11.3 Å². The highest BCUT2D eigenvalue weighted by molar-refractivity contribution is 7.17. The number of carbonyl (C=O) groups excluding carboxylic acids is 3. The molecule has 0 spiro atoms. The number of nitrogens with zero attached hydrogens (tertiary/aromatic N) is 1. The van der Waals surface area contributed by atoms with Gasteiger partial charge >= 0.3 is 5.97 Å². The standard InChI is InChI=1S/C31H35N3O6S/c1-5-38-23-12-8-21(9-13-23)18-32-34-28(35)20(4)40-24-14-10-22(11-15-24)29(36)33-30-27(31(37)39-6-2)25-16-7-19(3)17-26(25)41-30/h8-15,18-20H,5-7,16-17H2,1-4H3,(H,33,36)(H,34,35)/b32-18-/t19-,20+/m1/s1. The van der Waals surface area contributed by atoms with Crippen molar-refractivity contribution in [2.24, 2.45) is 11.0 Å². The number of carbonyl (C=O) groups is 3. The number of esters is 1. The normalized spacial score (nSPS) is 15.1. The molecular formula is C31H35N3O6S. The molecule has 0 saturated carbocycles. The average molecular weight is 578 g/mol. The Bertz CT molecular complexity index is 1400. The summed E-state index contributed by atoms with van der Waals surface area (Å²) in [5.74, 6) is 0.546. The number of hydrazone groups is 1. The van der Waals surface area contributed by atoms with Crippen LogP contribution in [0, 0.1) is 5.92 Å². The molecular weight excluding hydrogens is 542 g/mol. The van der Waals surface area contributed by atoms with Gasteiger partial charge in [-0.25, -0.2) is 10.2 Å². The van der Waals surface area contributed by atoms with Gasteiger partial charge in [-0.3, -0.25) is 9.59 Å². The molecule has 41 heavy (non-hydrogen) atoms. The minimum absolute atomic E-state index is 0.264. The molecule has 9 nitrogen and oxygen atoms in total. The SMILES string of the molecule is CCOC(=O)c1c(NC(=O)c2ccc(O[C@@H](C)C(=O)N/N=C\c3ccc(OCC)cc3)cc2)sc2c1CC[C@@H](C)C2. The lowest BCUT2D eigenvalue weighted by molar-refractivity contribution is -0.127. The smallest absolute Gasteiger partial charge is 0.341 e. The number of amides is 2. The lowest BCUT2D eigenvalue weighted by atomic mass is 9.88. The first kappa shape index (κ1) is 29.8. The molecule has 0 bridgehead atoms. The molecule has 1 heterocycles. The van der Waals surface area contributed by atoms with Gasteiger partial charge in [-0.15, -0.1) is 11.3 Å². The molecule has 2 amide bonds. The maximum absolute atomic E-state index is 13.1. The Kier molecular flexibility index (Phi) is 10.1. The molecule has 1 aliphatic rings. The van der Waals surface area contributed by atoms with Crippen molar-refractivity contribution in [2.75, 3.05) is 18.5 Å². The third kappa shape index (κ3) is 7.73. The third-order valence-electron chi connectivity index (χ3n) is 6.60. The Hall–Kier alpha value is -4.18. The number of fused-ring (bicyclic) bond motifs is 1. The third-order valence-corrected chi connectivity index (χ3v) is 7.77. The number of thiophene rings is 1. The highest BCUT2D eigenvalue weighted by atomic mass is 32.1. The van der Waals surface area contributed by atoms with E-state index in [0.29, 0.717) is 34.4 Å². The summed E-state index contributed by atoms with van der Waals surface area (Å²) in [6.07, 6.45) is 3.38. The van der Waals surface area contributed by atoms with Gasteiger partial charge in [0.15, 0.2) is 6.10 Å². The fraction of sp³-hybridized carbons (Fsp3) is 0.355. The van der Waals surface area contributed by atoms with Gasteiger partial charge in [0.2, 0.25) is 0 Å². The van der Waals surface area contributed by atoms with Crippen molar-refractivity contribution in [2.45, 2.75) is 53.1 Å². The van der Waals surface area contributed by atoms with Gasteiger partial charge in [-0.1, -0.05) is 6.92 Å². The van der Waals surface area contributed by atoms with E-state index in [0.717, 1.165) is 41.0 Å². The number of rotatable bonds is 11. The Morgan fingerprint density at radius 3 is 2.44 bits per heavy atom. The van der Waals surface area contributed by atoms with Crippen molar-refractivity contribution in [3.8, 4) is 11.5 Å². The molecule has 3 aromatic rings. The number of hydrogen-bond acceptors (Lipinski definition) is 8. The summed E-state index contributed by atoms with van der Waals surface area (Å²) in [6, 6.07) is 13.8. The molecule has 0 radical (unpaired) electrons. The van der Waals surface area contributed by atoms with Gasteiger partial charge in [-0.05, 0) is 106 Å². The van der Waals surface area contributed by atoms with Crippen LogP contribution in [-0.4, -0.2) is 43.3 Å². The zero-order valence-corrected chi connectivity index (χ0v) is 24.5. The van der Waals surface area contributed by atoms with E-state index in [1.54, 1.807) is 38.1 Å². The van der Waals surface area contributed by atoms with Crippen molar-refractivity contribution >= 4 is 40.3 Å². The van der Waals surface area contributed by atoms with Crippen LogP contribution in [0.4, 0.5) is 5.00 Å². The molecule has 2 aromatic carbocycles. The Balaban J connectivity index is 1.34. The summed E-state index contributed by atoms with van der Waals surface area (Å²) in [5, 5.41) is 7.42. The first-order chi connectivity index (χ1) is 19.8. The summed E-state index contributed by atoms with van der Waals surface area (Å²) in [5.41, 5.74) is 5.13. The molecule has 2 atom stereocenters. The van der Waals surface area contributed by atoms with Crippen molar-refractivity contribution in [3.63, 3.8) is 0 Å². The predicted octanol–water partition coefficient (Wildman–Crippen LogP) is 5.62. The lowest BCUT2D eigenvalue weighted by Crippen LogP contribution is -2.33. The Morgan fingerprint density at radius 1 is 1.05 bits per heavy atom. The maximum atomic E-state index is 13.1. The van der Waals surface area contributed by atoms with Gasteiger partial charge in [0.25, 0.3) is 11.8 Å². The number of nitrogens with one attached hydrogen (secondary N) is 2. The second kappa shape index (κ2) is 13.9. The Labute approximate surface area is 243 Å². The van der Waals surface area contributed by atoms with Gasteiger partial charge in [-0.2, -0.15) is 5.10 Å². The van der Waals surface area contributed by atoms with E-state index >= 15 is 0 Å². The van der Waals surface area contributed by atoms with Crippen LogP contribution in [0.3, 0.4) is 0 Å².